The molecule has 0 aromatic heterocycles. The fraction of sp³-hybridized carbons (Fsp3) is 0.954. The molecule has 0 amide bonds. The van der Waals surface area contributed by atoms with Crippen molar-refractivity contribution in [2.24, 2.45) is 23.7 Å². The summed E-state index contributed by atoms with van der Waals surface area (Å²) in [5.41, 5.74) is 0. The van der Waals surface area contributed by atoms with Gasteiger partial charge in [0.15, 0.2) is 12.2 Å². The molecule has 3 unspecified atom stereocenters. The van der Waals surface area contributed by atoms with E-state index in [1.54, 1.807) is 0 Å². The molecule has 0 fully saturated rings. The summed E-state index contributed by atoms with van der Waals surface area (Å²) in [6.07, 6.45) is 65.4. The van der Waals surface area contributed by atoms with Crippen molar-refractivity contribution in [1.82, 2.24) is 0 Å². The summed E-state index contributed by atoms with van der Waals surface area (Å²) in [6, 6.07) is 0. The molecule has 3 N–H and O–H groups in total. The number of carbonyl (C=O) groups is 4. The lowest BCUT2D eigenvalue weighted by Crippen LogP contribution is -2.30. The summed E-state index contributed by atoms with van der Waals surface area (Å²) < 4.78 is 68.9. The zero-order valence-electron chi connectivity index (χ0n) is 70.1. The number of unbranched alkanes of at least 4 members (excludes halogenated alkanes) is 50. The average Bonchev–Trinajstić information content (AvgIpc) is 0.902. The maximum atomic E-state index is 13.1. The second-order valence-electron chi connectivity index (χ2n) is 33.2. The van der Waals surface area contributed by atoms with Gasteiger partial charge in [0.25, 0.3) is 0 Å². The first kappa shape index (κ1) is 104. The number of rotatable bonds is 84. The van der Waals surface area contributed by atoms with Gasteiger partial charge in [-0.15, -0.1) is 0 Å². The van der Waals surface area contributed by atoms with Gasteiger partial charge in [-0.1, -0.05) is 402 Å². The van der Waals surface area contributed by atoms with Crippen molar-refractivity contribution in [1.29, 1.82) is 0 Å². The van der Waals surface area contributed by atoms with E-state index < -0.39 is 97.5 Å². The van der Waals surface area contributed by atoms with Crippen molar-refractivity contribution in [2.45, 2.75) is 472 Å². The van der Waals surface area contributed by atoms with E-state index in [0.717, 1.165) is 114 Å². The van der Waals surface area contributed by atoms with Gasteiger partial charge in [0.2, 0.25) is 0 Å². The van der Waals surface area contributed by atoms with Crippen LogP contribution in [0.3, 0.4) is 0 Å². The number of aliphatic hydroxyl groups is 1. The number of esters is 4. The summed E-state index contributed by atoms with van der Waals surface area (Å²) in [7, 11) is -9.93. The number of phosphoric acid groups is 2. The van der Waals surface area contributed by atoms with Crippen LogP contribution in [0.5, 0.6) is 0 Å². The minimum absolute atomic E-state index is 0.107. The Bertz CT molecular complexity index is 2060. The van der Waals surface area contributed by atoms with Gasteiger partial charge in [-0.05, 0) is 49.4 Å². The van der Waals surface area contributed by atoms with Crippen LogP contribution in [0.4, 0.5) is 0 Å². The van der Waals surface area contributed by atoms with Crippen molar-refractivity contribution >= 4 is 39.5 Å². The lowest BCUT2D eigenvalue weighted by atomic mass is 10.0. The third kappa shape index (κ3) is 80.1. The topological polar surface area (TPSA) is 237 Å². The molecule has 0 radical (unpaired) electrons. The summed E-state index contributed by atoms with van der Waals surface area (Å²) in [5, 5.41) is 10.7. The molecular formula is C87H170O17P2. The Kier molecular flexibility index (Phi) is 74.3. The number of aliphatic hydroxyl groups excluding tert-OH is 1. The molecule has 0 saturated heterocycles. The van der Waals surface area contributed by atoms with Gasteiger partial charge in [-0.3, -0.25) is 37.3 Å². The van der Waals surface area contributed by atoms with Gasteiger partial charge < -0.3 is 33.8 Å². The number of ether oxygens (including phenoxy) is 4. The third-order valence-electron chi connectivity index (χ3n) is 20.3. The zero-order valence-corrected chi connectivity index (χ0v) is 71.9. The molecule has 0 rings (SSSR count). The molecule has 630 valence electrons. The minimum Gasteiger partial charge on any atom is -0.462 e. The fourth-order valence-corrected chi connectivity index (χ4v) is 15.1. The zero-order chi connectivity index (χ0) is 78.1. The highest BCUT2D eigenvalue weighted by Crippen LogP contribution is 2.45. The predicted octanol–water partition coefficient (Wildman–Crippen LogP) is 26.3. The van der Waals surface area contributed by atoms with Crippen LogP contribution < -0.4 is 0 Å². The van der Waals surface area contributed by atoms with Gasteiger partial charge in [0.1, 0.15) is 19.3 Å². The third-order valence-corrected chi connectivity index (χ3v) is 22.2. The molecule has 0 aliphatic heterocycles. The van der Waals surface area contributed by atoms with Gasteiger partial charge in [0.05, 0.1) is 26.4 Å². The van der Waals surface area contributed by atoms with Crippen LogP contribution in [0, 0.1) is 23.7 Å². The Morgan fingerprint density at radius 2 is 0.396 bits per heavy atom. The molecule has 0 saturated carbocycles. The summed E-state index contributed by atoms with van der Waals surface area (Å²) >= 11 is 0. The quantitative estimate of drug-likeness (QED) is 0.0222. The van der Waals surface area contributed by atoms with Crippen LogP contribution in [0.2, 0.25) is 0 Å². The lowest BCUT2D eigenvalue weighted by molar-refractivity contribution is -0.161. The van der Waals surface area contributed by atoms with Gasteiger partial charge in [0, 0.05) is 25.7 Å². The van der Waals surface area contributed by atoms with Crippen LogP contribution in [0.15, 0.2) is 0 Å². The normalized spacial score (nSPS) is 13.9. The SMILES string of the molecule is CC(C)CCCCCCCCCCCCCCCCCCCCC(=O)OC[C@H](COP(=O)(O)OCC(O)COP(=O)(O)OC[C@@H](COC(=O)CCCCCCCCCC(C)C)OC(=O)CCCCCCCCCCCCCCCCCCC(C)C)OC(=O)CCCCCCCCCCCCCCCC(C)C. The highest BCUT2D eigenvalue weighted by molar-refractivity contribution is 7.47. The molecule has 19 heteroatoms. The molecule has 106 heavy (non-hydrogen) atoms. The standard InChI is InChI=1S/C87H170O17P2/c1-77(2)63-55-47-39-32-26-20-15-11-9-10-12-17-23-29-35-43-51-59-67-84(89)97-73-82(103-86(91)70-62-54-45-37-31-25-19-22-28-34-41-49-57-65-79(5)6)75-101-105(93,94)99-71-81(88)72-100-106(95,96)102-76-83(74-98-85(90)68-60-52-46-38-42-50-58-66-80(7)8)104-87(92)69-61-53-44-36-30-24-18-14-13-16-21-27-33-40-48-56-64-78(3)4/h77-83,88H,9-76H2,1-8H3,(H,93,94)(H,95,96)/t81?,82-,83-/m1/s1. The average molecular weight is 1550 g/mol. The Morgan fingerprint density at radius 1 is 0.236 bits per heavy atom. The van der Waals surface area contributed by atoms with E-state index in [1.165, 1.54) is 250 Å². The number of hydrogen-bond donors (Lipinski definition) is 3. The molecule has 0 aliphatic carbocycles. The van der Waals surface area contributed by atoms with Gasteiger partial charge in [-0.2, -0.15) is 0 Å². The predicted molar refractivity (Wildman–Crippen MR) is 437 cm³/mol. The number of hydrogen-bond acceptors (Lipinski definition) is 15. The number of carbonyl (C=O) groups excluding carboxylic acids is 4. The van der Waals surface area contributed by atoms with Crippen LogP contribution in [0.25, 0.3) is 0 Å². The first-order valence-electron chi connectivity index (χ1n) is 44.7. The Balaban J connectivity index is 5.21. The summed E-state index contributed by atoms with van der Waals surface area (Å²) in [6.45, 7) is 14.3. The van der Waals surface area contributed by atoms with Crippen molar-refractivity contribution in [3.63, 3.8) is 0 Å². The lowest BCUT2D eigenvalue weighted by Gasteiger charge is -2.21. The molecular weight excluding hydrogens is 1380 g/mol. The Labute approximate surface area is 651 Å². The first-order valence-corrected chi connectivity index (χ1v) is 47.7. The summed E-state index contributed by atoms with van der Waals surface area (Å²) in [5.74, 6) is 1.02. The van der Waals surface area contributed by atoms with Crippen molar-refractivity contribution in [2.75, 3.05) is 39.6 Å². The summed E-state index contributed by atoms with van der Waals surface area (Å²) in [4.78, 5) is 73.2. The Hall–Kier alpha value is -1.94. The second kappa shape index (κ2) is 75.7. The van der Waals surface area contributed by atoms with Crippen molar-refractivity contribution in [3.05, 3.63) is 0 Å². The van der Waals surface area contributed by atoms with Crippen LogP contribution >= 0.6 is 15.6 Å². The highest BCUT2D eigenvalue weighted by Gasteiger charge is 2.31. The molecule has 0 bridgehead atoms. The molecule has 0 heterocycles. The smallest absolute Gasteiger partial charge is 0.462 e. The first-order chi connectivity index (χ1) is 51.1. The maximum absolute atomic E-state index is 13.1. The van der Waals surface area contributed by atoms with Crippen LogP contribution in [-0.2, 0) is 65.4 Å². The number of phosphoric ester groups is 2. The molecule has 0 aromatic carbocycles. The second-order valence-corrected chi connectivity index (χ2v) is 36.1. The molecule has 0 aromatic rings. The van der Waals surface area contributed by atoms with Crippen LogP contribution in [0.1, 0.15) is 453 Å². The maximum Gasteiger partial charge on any atom is 0.472 e. The fourth-order valence-electron chi connectivity index (χ4n) is 13.5. The van der Waals surface area contributed by atoms with E-state index in [9.17, 15) is 43.2 Å². The van der Waals surface area contributed by atoms with Crippen molar-refractivity contribution < 1.29 is 80.2 Å². The van der Waals surface area contributed by atoms with E-state index >= 15 is 0 Å². The van der Waals surface area contributed by atoms with Crippen molar-refractivity contribution in [3.8, 4) is 0 Å². The molecule has 0 aliphatic rings. The van der Waals surface area contributed by atoms with Gasteiger partial charge in [-0.25, -0.2) is 9.13 Å². The van der Waals surface area contributed by atoms with E-state index in [2.05, 4.69) is 55.4 Å². The van der Waals surface area contributed by atoms with Gasteiger partial charge >= 0.3 is 39.5 Å². The van der Waals surface area contributed by atoms with E-state index in [1.807, 2.05) is 0 Å². The molecule has 0 spiro atoms. The molecule has 17 nitrogen and oxygen atoms in total. The largest absolute Gasteiger partial charge is 0.472 e. The van der Waals surface area contributed by atoms with E-state index in [0.29, 0.717) is 31.6 Å². The Morgan fingerprint density at radius 3 is 0.585 bits per heavy atom. The minimum atomic E-state index is -4.97. The van der Waals surface area contributed by atoms with E-state index in [-0.39, 0.29) is 25.7 Å². The van der Waals surface area contributed by atoms with E-state index in [4.69, 9.17) is 37.0 Å². The monoisotopic (exact) mass is 1550 g/mol. The molecule has 5 atom stereocenters. The van der Waals surface area contributed by atoms with Crippen LogP contribution in [-0.4, -0.2) is 96.7 Å². The highest BCUT2D eigenvalue weighted by atomic mass is 31.2.